The van der Waals surface area contributed by atoms with Crippen molar-refractivity contribution in [1.82, 2.24) is 4.90 Å². The van der Waals surface area contributed by atoms with E-state index in [1.807, 2.05) is 0 Å². The number of amides is 1. The average Bonchev–Trinajstić information content (AvgIpc) is 2.59. The van der Waals surface area contributed by atoms with Gasteiger partial charge in [-0.1, -0.05) is 0 Å². The van der Waals surface area contributed by atoms with Crippen molar-refractivity contribution in [2.75, 3.05) is 13.7 Å². The second-order valence-electron chi connectivity index (χ2n) is 3.75. The van der Waals surface area contributed by atoms with E-state index in [0.29, 0.717) is 4.90 Å². The van der Waals surface area contributed by atoms with E-state index in [1.54, 1.807) is 0 Å². The van der Waals surface area contributed by atoms with Gasteiger partial charge >= 0.3 is 18.1 Å². The summed E-state index contributed by atoms with van der Waals surface area (Å²) in [6.45, 7) is -0.106. The zero-order chi connectivity index (χ0) is 13.2. The zero-order valence-electron chi connectivity index (χ0n) is 9.03. The second kappa shape index (κ2) is 4.91. The fourth-order valence-corrected chi connectivity index (χ4v) is 1.94. The first-order chi connectivity index (χ1) is 7.79. The molecule has 17 heavy (non-hydrogen) atoms. The van der Waals surface area contributed by atoms with Gasteiger partial charge in [-0.3, -0.25) is 4.79 Å². The van der Waals surface area contributed by atoms with E-state index < -0.39 is 30.1 Å². The predicted molar refractivity (Wildman–Crippen MR) is 49.2 cm³/mol. The number of carbonyl (C=O) groups excluding carboxylic acids is 1. The number of rotatable bonds is 3. The number of aliphatic carboxylic acids is 1. The molecule has 1 saturated heterocycles. The number of nitrogens with zero attached hydrogens (tertiary/aromatic N) is 1. The molecule has 0 saturated carbocycles. The molecule has 1 N–H and O–H groups in total. The normalized spacial score (nSPS) is 25.1. The number of ether oxygens (including phenoxy) is 1. The van der Waals surface area contributed by atoms with Crippen LogP contribution in [0.1, 0.15) is 12.8 Å². The van der Waals surface area contributed by atoms with Crippen LogP contribution in [0.2, 0.25) is 0 Å². The van der Waals surface area contributed by atoms with Crippen LogP contribution in [0.25, 0.3) is 0 Å². The molecule has 0 aliphatic carbocycles. The van der Waals surface area contributed by atoms with Crippen molar-refractivity contribution < 1.29 is 32.6 Å². The monoisotopic (exact) mass is 255 g/mol. The zero-order valence-corrected chi connectivity index (χ0v) is 9.03. The number of likely N-dealkylation sites (tertiary alicyclic amines) is 1. The molecular formula is C9H12F3NO4. The molecule has 0 bridgehead atoms. The minimum atomic E-state index is -5.07. The maximum atomic E-state index is 12.3. The predicted octanol–water partition coefficient (Wildman–Crippen LogP) is 0.639. The highest BCUT2D eigenvalue weighted by atomic mass is 19.4. The van der Waals surface area contributed by atoms with E-state index in [1.165, 1.54) is 7.11 Å². The summed E-state index contributed by atoms with van der Waals surface area (Å²) >= 11 is 0. The molecule has 0 unspecified atom stereocenters. The molecule has 0 aromatic carbocycles. The van der Waals surface area contributed by atoms with Crippen LogP contribution < -0.4 is 0 Å². The molecule has 1 fully saturated rings. The van der Waals surface area contributed by atoms with Crippen molar-refractivity contribution in [3.63, 3.8) is 0 Å². The molecule has 0 aromatic heterocycles. The molecule has 2 atom stereocenters. The van der Waals surface area contributed by atoms with Gasteiger partial charge in [0.1, 0.15) is 6.04 Å². The molecule has 0 spiro atoms. The van der Waals surface area contributed by atoms with E-state index in [0.717, 1.165) is 0 Å². The van der Waals surface area contributed by atoms with E-state index in [9.17, 15) is 22.8 Å². The first-order valence-electron chi connectivity index (χ1n) is 4.90. The smallest absolute Gasteiger partial charge is 0.471 e. The van der Waals surface area contributed by atoms with Crippen LogP contribution in [0.15, 0.2) is 0 Å². The number of hydrogen-bond acceptors (Lipinski definition) is 3. The van der Waals surface area contributed by atoms with Crippen LogP contribution in [0, 0.1) is 0 Å². The molecular weight excluding hydrogens is 243 g/mol. The molecule has 1 amide bonds. The topological polar surface area (TPSA) is 66.8 Å². The number of alkyl halides is 3. The Morgan fingerprint density at radius 3 is 2.41 bits per heavy atom. The molecule has 8 heteroatoms. The van der Waals surface area contributed by atoms with E-state index in [4.69, 9.17) is 9.84 Å². The molecule has 1 aliphatic heterocycles. The van der Waals surface area contributed by atoms with Gasteiger partial charge in [-0.15, -0.1) is 0 Å². The Bertz CT molecular complexity index is 318. The lowest BCUT2D eigenvalue weighted by atomic mass is 10.2. The van der Waals surface area contributed by atoms with Crippen molar-refractivity contribution in [2.24, 2.45) is 0 Å². The Balaban J connectivity index is 2.93. The minimum Gasteiger partial charge on any atom is -0.480 e. The molecule has 1 aliphatic rings. The summed E-state index contributed by atoms with van der Waals surface area (Å²) in [5.74, 6) is -3.55. The summed E-state index contributed by atoms with van der Waals surface area (Å²) in [6.07, 6.45) is -4.87. The fourth-order valence-electron chi connectivity index (χ4n) is 1.94. The van der Waals surface area contributed by atoms with Crippen LogP contribution in [0.3, 0.4) is 0 Å². The summed E-state index contributed by atoms with van der Waals surface area (Å²) in [5.41, 5.74) is 0. The van der Waals surface area contributed by atoms with E-state index in [2.05, 4.69) is 0 Å². The third-order valence-electron chi connectivity index (χ3n) is 2.62. The standard InChI is InChI=1S/C9H12F3NO4/c1-17-4-5-2-3-6(7(14)15)13(5)8(16)9(10,11)12/h5-6H,2-4H2,1H3,(H,14,15)/t5-,6+/m0/s1. The van der Waals surface area contributed by atoms with E-state index >= 15 is 0 Å². The molecule has 98 valence electrons. The first-order valence-corrected chi connectivity index (χ1v) is 4.90. The van der Waals surface area contributed by atoms with Crippen LogP contribution >= 0.6 is 0 Å². The largest absolute Gasteiger partial charge is 0.480 e. The summed E-state index contributed by atoms with van der Waals surface area (Å²) < 4.78 is 41.7. The Labute approximate surface area is 95.1 Å². The van der Waals surface area contributed by atoms with Crippen LogP contribution in [0.5, 0.6) is 0 Å². The number of halogens is 3. The fraction of sp³-hybridized carbons (Fsp3) is 0.778. The van der Waals surface area contributed by atoms with Gasteiger partial charge in [0.15, 0.2) is 0 Å². The highest BCUT2D eigenvalue weighted by Crippen LogP contribution is 2.30. The van der Waals surface area contributed by atoms with Crippen molar-refractivity contribution in [1.29, 1.82) is 0 Å². The number of methoxy groups -OCH3 is 1. The highest BCUT2D eigenvalue weighted by Gasteiger charge is 2.51. The number of carboxylic acid groups (broad SMARTS) is 1. The summed E-state index contributed by atoms with van der Waals surface area (Å²) in [4.78, 5) is 22.3. The number of carbonyl (C=O) groups is 2. The third-order valence-corrected chi connectivity index (χ3v) is 2.62. The van der Waals surface area contributed by atoms with Gasteiger partial charge < -0.3 is 14.7 Å². The van der Waals surface area contributed by atoms with Crippen molar-refractivity contribution >= 4 is 11.9 Å². The summed E-state index contributed by atoms with van der Waals surface area (Å²) in [6, 6.07) is -2.26. The molecule has 0 aromatic rings. The van der Waals surface area contributed by atoms with E-state index in [-0.39, 0.29) is 19.4 Å². The van der Waals surface area contributed by atoms with Gasteiger partial charge in [0.05, 0.1) is 12.6 Å². The van der Waals surface area contributed by atoms with Crippen molar-refractivity contribution in [3.05, 3.63) is 0 Å². The third kappa shape index (κ3) is 2.87. The van der Waals surface area contributed by atoms with Gasteiger partial charge in [-0.05, 0) is 12.8 Å². The van der Waals surface area contributed by atoms with Crippen LogP contribution in [0.4, 0.5) is 13.2 Å². The quantitative estimate of drug-likeness (QED) is 0.803. The van der Waals surface area contributed by atoms with Gasteiger partial charge in [0.25, 0.3) is 0 Å². The van der Waals surface area contributed by atoms with Gasteiger partial charge in [-0.25, -0.2) is 4.79 Å². The molecule has 1 heterocycles. The lowest BCUT2D eigenvalue weighted by molar-refractivity contribution is -0.191. The highest BCUT2D eigenvalue weighted by molar-refractivity contribution is 5.88. The Hall–Kier alpha value is -1.31. The summed E-state index contributed by atoms with van der Waals surface area (Å²) in [5, 5.41) is 8.78. The molecule has 1 rings (SSSR count). The molecule has 0 radical (unpaired) electrons. The van der Waals surface area contributed by atoms with Crippen LogP contribution in [-0.4, -0.2) is 53.9 Å². The Morgan fingerprint density at radius 2 is 2.00 bits per heavy atom. The summed E-state index contributed by atoms with van der Waals surface area (Å²) in [7, 11) is 1.28. The lowest BCUT2D eigenvalue weighted by Crippen LogP contribution is -2.51. The number of hydrogen-bond donors (Lipinski definition) is 1. The minimum absolute atomic E-state index is 0.00514. The van der Waals surface area contributed by atoms with Crippen molar-refractivity contribution in [2.45, 2.75) is 31.1 Å². The van der Waals surface area contributed by atoms with Crippen molar-refractivity contribution in [3.8, 4) is 0 Å². The number of carboxylic acids is 1. The maximum absolute atomic E-state index is 12.3. The van der Waals surface area contributed by atoms with Gasteiger partial charge in [-0.2, -0.15) is 13.2 Å². The van der Waals surface area contributed by atoms with Gasteiger partial charge in [0, 0.05) is 7.11 Å². The lowest BCUT2D eigenvalue weighted by Gasteiger charge is -2.28. The Kier molecular flexibility index (Phi) is 3.97. The van der Waals surface area contributed by atoms with Gasteiger partial charge in [0.2, 0.25) is 0 Å². The SMILES string of the molecule is COC[C@@H]1CC[C@H](C(=O)O)N1C(=O)C(F)(F)F. The second-order valence-corrected chi connectivity index (χ2v) is 3.75. The Morgan fingerprint density at radius 1 is 1.41 bits per heavy atom. The maximum Gasteiger partial charge on any atom is 0.471 e. The first kappa shape index (κ1) is 13.8. The molecule has 5 nitrogen and oxygen atoms in total. The van der Waals surface area contributed by atoms with Crippen LogP contribution in [-0.2, 0) is 14.3 Å². The average molecular weight is 255 g/mol.